The zero-order chi connectivity index (χ0) is 19.3. The van der Waals surface area contributed by atoms with Gasteiger partial charge in [-0.1, -0.05) is 37.3 Å². The number of carbonyl (C=O) groups excluding carboxylic acids is 1. The summed E-state index contributed by atoms with van der Waals surface area (Å²) >= 11 is 0. The van der Waals surface area contributed by atoms with Crippen molar-refractivity contribution in [3.8, 4) is 0 Å². The average molecular weight is 501 g/mol. The van der Waals surface area contributed by atoms with Gasteiger partial charge in [-0.05, 0) is 57.3 Å². The smallest absolute Gasteiger partial charge is 0.242 e. The minimum absolute atomic E-state index is 0. The molecular weight excluding hydrogens is 465 g/mol. The highest BCUT2D eigenvalue weighted by molar-refractivity contribution is 14.0. The van der Waals surface area contributed by atoms with Crippen molar-refractivity contribution in [1.29, 1.82) is 0 Å². The van der Waals surface area contributed by atoms with Crippen LogP contribution in [0, 0.1) is 5.92 Å². The summed E-state index contributed by atoms with van der Waals surface area (Å²) in [6, 6.07) is 9.90. The van der Waals surface area contributed by atoms with E-state index in [-0.39, 0.29) is 36.4 Å². The fourth-order valence-corrected chi connectivity index (χ4v) is 3.14. The normalized spacial score (nSPS) is 15.6. The topological polar surface area (TPSA) is 68.8 Å². The van der Waals surface area contributed by atoms with Gasteiger partial charge in [-0.25, -0.2) is 4.99 Å². The molecule has 158 valence electrons. The summed E-state index contributed by atoms with van der Waals surface area (Å²) in [7, 11) is 0. The Morgan fingerprint density at radius 2 is 1.86 bits per heavy atom. The number of likely N-dealkylation sites (tertiary alicyclic amines) is 1. The Balaban J connectivity index is 0.00000392. The van der Waals surface area contributed by atoms with Crippen LogP contribution in [0.25, 0.3) is 0 Å². The predicted octanol–water partition coefficient (Wildman–Crippen LogP) is 2.60. The average Bonchev–Trinajstić information content (AvgIpc) is 2.69. The molecule has 0 aromatic heterocycles. The SMILES string of the molecule is CCNC(=NCC(=O)NCc1ccccc1)NCCCN1CCC(C)CC1.I. The van der Waals surface area contributed by atoms with Gasteiger partial charge in [0.15, 0.2) is 5.96 Å². The van der Waals surface area contributed by atoms with E-state index >= 15 is 0 Å². The minimum atomic E-state index is -0.0708. The summed E-state index contributed by atoms with van der Waals surface area (Å²) in [6.45, 7) is 10.2. The van der Waals surface area contributed by atoms with Gasteiger partial charge in [-0.2, -0.15) is 0 Å². The van der Waals surface area contributed by atoms with E-state index in [4.69, 9.17) is 0 Å². The van der Waals surface area contributed by atoms with E-state index in [1.165, 1.54) is 25.9 Å². The van der Waals surface area contributed by atoms with Gasteiger partial charge in [-0.15, -0.1) is 24.0 Å². The second kappa shape index (κ2) is 14.6. The van der Waals surface area contributed by atoms with Crippen LogP contribution in [0.15, 0.2) is 35.3 Å². The number of hydrogen-bond acceptors (Lipinski definition) is 3. The van der Waals surface area contributed by atoms with Gasteiger partial charge in [0.2, 0.25) is 5.91 Å². The molecule has 0 aliphatic carbocycles. The van der Waals surface area contributed by atoms with E-state index < -0.39 is 0 Å². The quantitative estimate of drug-likeness (QED) is 0.211. The van der Waals surface area contributed by atoms with E-state index in [9.17, 15) is 4.79 Å². The van der Waals surface area contributed by atoms with Gasteiger partial charge in [0, 0.05) is 19.6 Å². The summed E-state index contributed by atoms with van der Waals surface area (Å²) in [6.07, 6.45) is 3.71. The van der Waals surface area contributed by atoms with Crippen molar-refractivity contribution >= 4 is 35.8 Å². The number of aliphatic imine (C=N–C) groups is 1. The van der Waals surface area contributed by atoms with Crippen molar-refractivity contribution in [3.05, 3.63) is 35.9 Å². The van der Waals surface area contributed by atoms with Gasteiger partial charge >= 0.3 is 0 Å². The highest BCUT2D eigenvalue weighted by atomic mass is 127. The van der Waals surface area contributed by atoms with Crippen molar-refractivity contribution in [3.63, 3.8) is 0 Å². The summed E-state index contributed by atoms with van der Waals surface area (Å²) < 4.78 is 0. The predicted molar refractivity (Wildman–Crippen MR) is 127 cm³/mol. The van der Waals surface area contributed by atoms with Crippen molar-refractivity contribution in [2.45, 2.75) is 39.7 Å². The number of nitrogens with zero attached hydrogens (tertiary/aromatic N) is 2. The molecule has 1 heterocycles. The molecule has 3 N–H and O–H groups in total. The molecule has 6 nitrogen and oxygen atoms in total. The molecule has 7 heteroatoms. The molecule has 0 saturated carbocycles. The molecule has 0 atom stereocenters. The zero-order valence-electron chi connectivity index (χ0n) is 17.2. The van der Waals surface area contributed by atoms with E-state index in [0.717, 1.165) is 37.5 Å². The number of nitrogens with one attached hydrogen (secondary N) is 3. The lowest BCUT2D eigenvalue weighted by Crippen LogP contribution is -2.40. The standard InChI is InChI=1S/C21H35N5O.HI/c1-3-22-21(23-12-7-13-26-14-10-18(2)11-15-26)25-17-20(27)24-16-19-8-5-4-6-9-19;/h4-6,8-9,18H,3,7,10-17H2,1-2H3,(H,24,27)(H2,22,23,25);1H. The lowest BCUT2D eigenvalue weighted by molar-refractivity contribution is -0.119. The van der Waals surface area contributed by atoms with Crippen LogP contribution in [-0.2, 0) is 11.3 Å². The fourth-order valence-electron chi connectivity index (χ4n) is 3.14. The molecule has 0 spiro atoms. The number of benzene rings is 1. The van der Waals surface area contributed by atoms with Crippen molar-refractivity contribution in [1.82, 2.24) is 20.9 Å². The van der Waals surface area contributed by atoms with Crippen molar-refractivity contribution < 1.29 is 4.79 Å². The van der Waals surface area contributed by atoms with Crippen LogP contribution >= 0.6 is 24.0 Å². The molecule has 1 aliphatic heterocycles. The maximum atomic E-state index is 12.0. The Morgan fingerprint density at radius 3 is 2.54 bits per heavy atom. The molecule has 0 unspecified atom stereocenters. The maximum Gasteiger partial charge on any atom is 0.242 e. The van der Waals surface area contributed by atoms with Crippen LogP contribution in [0.2, 0.25) is 0 Å². The van der Waals surface area contributed by atoms with Gasteiger partial charge in [0.25, 0.3) is 0 Å². The summed E-state index contributed by atoms with van der Waals surface area (Å²) in [5.74, 6) is 1.51. The highest BCUT2D eigenvalue weighted by Crippen LogP contribution is 2.15. The van der Waals surface area contributed by atoms with Gasteiger partial charge < -0.3 is 20.9 Å². The first kappa shape index (κ1) is 24.7. The number of amides is 1. The number of rotatable bonds is 9. The number of halogens is 1. The van der Waals surface area contributed by atoms with Crippen LogP contribution < -0.4 is 16.0 Å². The van der Waals surface area contributed by atoms with E-state index in [1.807, 2.05) is 37.3 Å². The molecule has 1 aliphatic rings. The first-order chi connectivity index (χ1) is 13.2. The molecule has 1 aromatic carbocycles. The molecule has 1 amide bonds. The largest absolute Gasteiger partial charge is 0.357 e. The fraction of sp³-hybridized carbons (Fsp3) is 0.619. The lowest BCUT2D eigenvalue weighted by Gasteiger charge is -2.30. The Bertz CT molecular complexity index is 573. The molecule has 0 bridgehead atoms. The molecule has 0 radical (unpaired) electrons. The Morgan fingerprint density at radius 1 is 1.14 bits per heavy atom. The second-order valence-corrected chi connectivity index (χ2v) is 7.26. The number of carbonyl (C=O) groups is 1. The highest BCUT2D eigenvalue weighted by Gasteiger charge is 2.14. The number of guanidine groups is 1. The molecule has 1 aromatic rings. The van der Waals surface area contributed by atoms with Crippen LogP contribution in [0.4, 0.5) is 0 Å². The minimum Gasteiger partial charge on any atom is -0.357 e. The Hall–Kier alpha value is -1.35. The third-order valence-corrected chi connectivity index (χ3v) is 4.88. The van der Waals surface area contributed by atoms with Crippen LogP contribution in [0.3, 0.4) is 0 Å². The lowest BCUT2D eigenvalue weighted by atomic mass is 9.99. The first-order valence-corrected chi connectivity index (χ1v) is 10.2. The number of hydrogen-bond donors (Lipinski definition) is 3. The molecule has 1 saturated heterocycles. The monoisotopic (exact) mass is 501 g/mol. The van der Waals surface area contributed by atoms with Crippen LogP contribution in [0.1, 0.15) is 38.7 Å². The van der Waals surface area contributed by atoms with Gasteiger partial charge in [0.05, 0.1) is 0 Å². The third-order valence-electron chi connectivity index (χ3n) is 4.88. The Labute approximate surface area is 187 Å². The molecule has 28 heavy (non-hydrogen) atoms. The first-order valence-electron chi connectivity index (χ1n) is 10.2. The zero-order valence-corrected chi connectivity index (χ0v) is 19.6. The Kier molecular flexibility index (Phi) is 12.9. The summed E-state index contributed by atoms with van der Waals surface area (Å²) in [5, 5.41) is 9.43. The second-order valence-electron chi connectivity index (χ2n) is 7.26. The van der Waals surface area contributed by atoms with Crippen molar-refractivity contribution in [2.24, 2.45) is 10.9 Å². The summed E-state index contributed by atoms with van der Waals surface area (Å²) in [4.78, 5) is 18.9. The summed E-state index contributed by atoms with van der Waals surface area (Å²) in [5.41, 5.74) is 1.09. The van der Waals surface area contributed by atoms with Crippen LogP contribution in [0.5, 0.6) is 0 Å². The van der Waals surface area contributed by atoms with E-state index in [2.05, 4.69) is 32.8 Å². The van der Waals surface area contributed by atoms with Crippen molar-refractivity contribution in [2.75, 3.05) is 39.3 Å². The number of piperidine rings is 1. The molecule has 1 fully saturated rings. The van der Waals surface area contributed by atoms with E-state index in [1.54, 1.807) is 0 Å². The molecule has 2 rings (SSSR count). The maximum absolute atomic E-state index is 12.0. The van der Waals surface area contributed by atoms with Gasteiger partial charge in [-0.3, -0.25) is 4.79 Å². The van der Waals surface area contributed by atoms with E-state index in [0.29, 0.717) is 12.5 Å². The molecular formula is C21H36IN5O. The van der Waals surface area contributed by atoms with Gasteiger partial charge in [0.1, 0.15) is 6.54 Å². The third kappa shape index (κ3) is 10.3. The van der Waals surface area contributed by atoms with Crippen LogP contribution in [-0.4, -0.2) is 56.0 Å².